The number of imidazole rings is 1. The van der Waals surface area contributed by atoms with Crippen molar-refractivity contribution in [3.63, 3.8) is 0 Å². The van der Waals surface area contributed by atoms with E-state index in [4.69, 9.17) is 4.74 Å². The monoisotopic (exact) mass is 356 g/mol. The van der Waals surface area contributed by atoms with Gasteiger partial charge in [-0.15, -0.1) is 0 Å². The van der Waals surface area contributed by atoms with Crippen LogP contribution >= 0.6 is 22.6 Å². The zero-order valence-electron chi connectivity index (χ0n) is 10.1. The molecule has 0 N–H and O–H groups in total. The standard InChI is InChI=1S/C13H13IN2O2/c1-9(10-3-5-11(14)6-4-10)16-8-15-7-12(16)13(17)18-2/h3-9H,1-2H3. The number of aromatic nitrogens is 2. The van der Waals surface area contributed by atoms with Gasteiger partial charge in [-0.25, -0.2) is 9.78 Å². The average Bonchev–Trinajstić information content (AvgIpc) is 2.87. The number of ether oxygens (including phenoxy) is 1. The predicted molar refractivity (Wildman–Crippen MR) is 76.5 cm³/mol. The van der Waals surface area contributed by atoms with Crippen molar-refractivity contribution >= 4 is 28.6 Å². The van der Waals surface area contributed by atoms with Crippen LogP contribution in [0.1, 0.15) is 29.0 Å². The number of methoxy groups -OCH3 is 1. The number of carbonyl (C=O) groups is 1. The van der Waals surface area contributed by atoms with Crippen molar-refractivity contribution in [2.24, 2.45) is 0 Å². The first-order valence-electron chi connectivity index (χ1n) is 5.49. The predicted octanol–water partition coefficient (Wildman–Crippen LogP) is 2.88. The Balaban J connectivity index is 2.34. The Labute approximate surface area is 119 Å². The molecule has 0 aliphatic heterocycles. The molecule has 0 amide bonds. The van der Waals surface area contributed by atoms with Crippen molar-refractivity contribution < 1.29 is 9.53 Å². The minimum absolute atomic E-state index is 0.0404. The number of rotatable bonds is 3. The van der Waals surface area contributed by atoms with Gasteiger partial charge in [0, 0.05) is 3.57 Å². The summed E-state index contributed by atoms with van der Waals surface area (Å²) in [6.07, 6.45) is 3.17. The molecule has 94 valence electrons. The minimum atomic E-state index is -0.370. The number of hydrogen-bond acceptors (Lipinski definition) is 3. The SMILES string of the molecule is COC(=O)c1cncn1C(C)c1ccc(I)cc1. The third-order valence-corrected chi connectivity index (χ3v) is 3.55. The summed E-state index contributed by atoms with van der Waals surface area (Å²) in [6, 6.07) is 8.22. The van der Waals surface area contributed by atoms with Crippen LogP contribution in [-0.4, -0.2) is 22.6 Å². The number of halogens is 1. The Morgan fingerprint density at radius 3 is 2.67 bits per heavy atom. The lowest BCUT2D eigenvalue weighted by Crippen LogP contribution is -2.14. The van der Waals surface area contributed by atoms with E-state index in [1.807, 2.05) is 35.8 Å². The van der Waals surface area contributed by atoms with Gasteiger partial charge >= 0.3 is 5.97 Å². The molecule has 2 aromatic rings. The highest BCUT2D eigenvalue weighted by Crippen LogP contribution is 2.20. The number of carbonyl (C=O) groups excluding carboxylic acids is 1. The van der Waals surface area contributed by atoms with Gasteiger partial charge in [-0.05, 0) is 47.2 Å². The van der Waals surface area contributed by atoms with Crippen molar-refractivity contribution in [3.8, 4) is 0 Å². The molecule has 0 aliphatic carbocycles. The third-order valence-electron chi connectivity index (χ3n) is 2.83. The molecule has 0 saturated carbocycles. The second-order valence-corrected chi connectivity index (χ2v) is 5.15. The van der Waals surface area contributed by atoms with E-state index in [0.717, 1.165) is 5.56 Å². The highest BCUT2D eigenvalue weighted by molar-refractivity contribution is 14.1. The molecule has 0 radical (unpaired) electrons. The molecule has 0 aliphatic rings. The van der Waals surface area contributed by atoms with Gasteiger partial charge in [-0.3, -0.25) is 0 Å². The number of benzene rings is 1. The van der Waals surface area contributed by atoms with E-state index >= 15 is 0 Å². The summed E-state index contributed by atoms with van der Waals surface area (Å²) < 4.78 is 7.74. The molecule has 0 fully saturated rings. The molecule has 1 heterocycles. The summed E-state index contributed by atoms with van der Waals surface area (Å²) in [6.45, 7) is 2.02. The molecule has 0 spiro atoms. The van der Waals surface area contributed by atoms with E-state index < -0.39 is 0 Å². The first-order chi connectivity index (χ1) is 8.63. The zero-order chi connectivity index (χ0) is 13.1. The van der Waals surface area contributed by atoms with Crippen molar-refractivity contribution in [3.05, 3.63) is 51.6 Å². The summed E-state index contributed by atoms with van der Waals surface area (Å²) >= 11 is 2.26. The van der Waals surface area contributed by atoms with Gasteiger partial charge in [0.15, 0.2) is 0 Å². The molecule has 0 bridgehead atoms. The lowest BCUT2D eigenvalue weighted by molar-refractivity contribution is 0.0587. The molecule has 2 rings (SSSR count). The Morgan fingerprint density at radius 1 is 1.39 bits per heavy atom. The number of nitrogens with zero attached hydrogens (tertiary/aromatic N) is 2. The van der Waals surface area contributed by atoms with E-state index in [0.29, 0.717) is 5.69 Å². The van der Waals surface area contributed by atoms with E-state index in [1.54, 1.807) is 6.33 Å². The van der Waals surface area contributed by atoms with Crippen LogP contribution in [0.15, 0.2) is 36.8 Å². The van der Waals surface area contributed by atoms with Crippen molar-refractivity contribution in [1.29, 1.82) is 0 Å². The fourth-order valence-electron chi connectivity index (χ4n) is 1.78. The van der Waals surface area contributed by atoms with Gasteiger partial charge < -0.3 is 9.30 Å². The lowest BCUT2D eigenvalue weighted by atomic mass is 10.1. The Morgan fingerprint density at radius 2 is 2.06 bits per heavy atom. The molecular weight excluding hydrogens is 343 g/mol. The van der Waals surface area contributed by atoms with Crippen molar-refractivity contribution in [2.45, 2.75) is 13.0 Å². The van der Waals surface area contributed by atoms with E-state index in [9.17, 15) is 4.79 Å². The topological polar surface area (TPSA) is 44.1 Å². The Hall–Kier alpha value is -1.37. The molecule has 4 nitrogen and oxygen atoms in total. The van der Waals surface area contributed by atoms with Gasteiger partial charge in [0.25, 0.3) is 0 Å². The zero-order valence-corrected chi connectivity index (χ0v) is 12.3. The summed E-state index contributed by atoms with van der Waals surface area (Å²) in [5.41, 5.74) is 1.59. The summed E-state index contributed by atoms with van der Waals surface area (Å²) in [4.78, 5) is 15.6. The molecule has 1 unspecified atom stereocenters. The average molecular weight is 356 g/mol. The highest BCUT2D eigenvalue weighted by atomic mass is 127. The number of hydrogen-bond donors (Lipinski definition) is 0. The fraction of sp³-hybridized carbons (Fsp3) is 0.231. The van der Waals surface area contributed by atoms with E-state index in [-0.39, 0.29) is 12.0 Å². The van der Waals surface area contributed by atoms with Crippen LogP contribution in [0.3, 0.4) is 0 Å². The van der Waals surface area contributed by atoms with Gasteiger partial charge in [0.2, 0.25) is 0 Å². The lowest BCUT2D eigenvalue weighted by Gasteiger charge is -2.16. The maximum absolute atomic E-state index is 11.6. The van der Waals surface area contributed by atoms with Crippen molar-refractivity contribution in [1.82, 2.24) is 9.55 Å². The third kappa shape index (κ3) is 2.55. The molecule has 1 aromatic heterocycles. The summed E-state index contributed by atoms with van der Waals surface area (Å²) in [7, 11) is 1.37. The van der Waals surface area contributed by atoms with Crippen LogP contribution in [0.2, 0.25) is 0 Å². The minimum Gasteiger partial charge on any atom is -0.464 e. The van der Waals surface area contributed by atoms with Crippen molar-refractivity contribution in [2.75, 3.05) is 7.11 Å². The molecular formula is C13H13IN2O2. The largest absolute Gasteiger partial charge is 0.464 e. The first kappa shape index (κ1) is 13.1. The quantitative estimate of drug-likeness (QED) is 0.628. The maximum Gasteiger partial charge on any atom is 0.356 e. The molecule has 5 heteroatoms. The molecule has 1 atom stereocenters. The van der Waals surface area contributed by atoms with E-state index in [1.165, 1.54) is 16.9 Å². The maximum atomic E-state index is 11.6. The second kappa shape index (κ2) is 5.51. The normalized spacial score (nSPS) is 12.2. The van der Waals surface area contributed by atoms with Crippen LogP contribution in [0.4, 0.5) is 0 Å². The van der Waals surface area contributed by atoms with Gasteiger partial charge in [0.1, 0.15) is 5.69 Å². The number of esters is 1. The van der Waals surface area contributed by atoms with Crippen LogP contribution in [0.25, 0.3) is 0 Å². The van der Waals surface area contributed by atoms with E-state index in [2.05, 4.69) is 27.6 Å². The Kier molecular flexibility index (Phi) is 4.00. The van der Waals surface area contributed by atoms with Crippen LogP contribution < -0.4 is 0 Å². The summed E-state index contributed by atoms with van der Waals surface area (Å²) in [5.74, 6) is -0.370. The fourth-order valence-corrected chi connectivity index (χ4v) is 2.14. The van der Waals surface area contributed by atoms with Crippen LogP contribution in [0.5, 0.6) is 0 Å². The molecule has 0 saturated heterocycles. The van der Waals surface area contributed by atoms with Gasteiger partial charge in [-0.1, -0.05) is 12.1 Å². The van der Waals surface area contributed by atoms with Crippen LogP contribution in [0, 0.1) is 3.57 Å². The first-order valence-corrected chi connectivity index (χ1v) is 6.57. The Bertz CT molecular complexity index is 548. The second-order valence-electron chi connectivity index (χ2n) is 3.91. The summed E-state index contributed by atoms with van der Waals surface area (Å²) in [5, 5.41) is 0. The molecule has 1 aromatic carbocycles. The smallest absolute Gasteiger partial charge is 0.356 e. The highest BCUT2D eigenvalue weighted by Gasteiger charge is 2.17. The van der Waals surface area contributed by atoms with Crippen LogP contribution in [-0.2, 0) is 4.74 Å². The van der Waals surface area contributed by atoms with Gasteiger partial charge in [0.05, 0.1) is 25.7 Å². The molecule has 18 heavy (non-hydrogen) atoms. The van der Waals surface area contributed by atoms with Gasteiger partial charge in [-0.2, -0.15) is 0 Å².